The molecular weight excluding hydrogens is 401 g/mol. The molecule has 8 N–H and O–H groups in total. The maximum Gasteiger partial charge on any atom is 0.325 e. The van der Waals surface area contributed by atoms with Crippen molar-refractivity contribution >= 4 is 13.5 Å². The summed E-state index contributed by atoms with van der Waals surface area (Å²) in [6.07, 6.45) is -6.43. The van der Waals surface area contributed by atoms with Crippen molar-refractivity contribution in [3.05, 3.63) is 11.9 Å². The van der Waals surface area contributed by atoms with Gasteiger partial charge < -0.3 is 34.6 Å². The Bertz CT molecular complexity index is 698. The van der Waals surface area contributed by atoms with E-state index in [0.29, 0.717) is 5.69 Å². The molecule has 15 heteroatoms. The van der Waals surface area contributed by atoms with Crippen LogP contribution >= 0.6 is 7.60 Å². The zero-order chi connectivity index (χ0) is 20.9. The summed E-state index contributed by atoms with van der Waals surface area (Å²) >= 11 is 0. The number of nitrogens with two attached hydrogens (primary N) is 1. The lowest BCUT2D eigenvalue weighted by Gasteiger charge is -2.40. The zero-order valence-corrected chi connectivity index (χ0v) is 15.6. The molecule has 1 aromatic heterocycles. The number of nitrogens with zero attached hydrogens (tertiary/aromatic N) is 3. The molecular formula is C13H24N5O9P. The molecule has 0 aliphatic carbocycles. The highest BCUT2D eigenvalue weighted by Crippen LogP contribution is 2.37. The van der Waals surface area contributed by atoms with Crippen molar-refractivity contribution in [2.45, 2.75) is 56.7 Å². The van der Waals surface area contributed by atoms with Gasteiger partial charge in [0.15, 0.2) is 6.29 Å². The van der Waals surface area contributed by atoms with Gasteiger partial charge >= 0.3 is 7.60 Å². The van der Waals surface area contributed by atoms with Crippen molar-refractivity contribution in [2.75, 3.05) is 6.16 Å². The SMILES string of the molecule is NNC(=O)CCn1cc(CO[C@H]2OC(CCP(=O)(O)O)[C@@H](O)[C@H](O)C2O)nn1. The number of carbonyl (C=O) groups excluding carboxylic acids is 1. The Kier molecular flexibility index (Phi) is 8.00. The van der Waals surface area contributed by atoms with Crippen LogP contribution in [0.1, 0.15) is 18.5 Å². The minimum absolute atomic E-state index is 0.0932. The minimum atomic E-state index is -4.32. The highest BCUT2D eigenvalue weighted by atomic mass is 31.2. The van der Waals surface area contributed by atoms with Gasteiger partial charge in [0, 0.05) is 6.42 Å². The van der Waals surface area contributed by atoms with E-state index >= 15 is 0 Å². The maximum absolute atomic E-state index is 11.1. The van der Waals surface area contributed by atoms with E-state index in [2.05, 4.69) is 10.3 Å². The number of carbonyl (C=O) groups is 1. The third-order valence-corrected chi connectivity index (χ3v) is 4.92. The van der Waals surface area contributed by atoms with Crippen molar-refractivity contribution in [1.29, 1.82) is 0 Å². The molecule has 2 rings (SSSR count). The van der Waals surface area contributed by atoms with E-state index in [4.69, 9.17) is 25.1 Å². The van der Waals surface area contributed by atoms with Crippen LogP contribution in [-0.2, 0) is 32.0 Å². The van der Waals surface area contributed by atoms with Crippen LogP contribution in [0.2, 0.25) is 0 Å². The van der Waals surface area contributed by atoms with Crippen molar-refractivity contribution in [3.63, 3.8) is 0 Å². The molecule has 1 fully saturated rings. The first-order chi connectivity index (χ1) is 13.1. The highest BCUT2D eigenvalue weighted by Gasteiger charge is 2.44. The van der Waals surface area contributed by atoms with Gasteiger partial charge in [0.25, 0.3) is 0 Å². The lowest BCUT2D eigenvalue weighted by atomic mass is 9.97. The summed E-state index contributed by atoms with van der Waals surface area (Å²) in [7, 11) is -4.32. The second-order valence-electron chi connectivity index (χ2n) is 6.29. The van der Waals surface area contributed by atoms with Crippen LogP contribution in [0, 0.1) is 0 Å². The van der Waals surface area contributed by atoms with E-state index in [1.807, 2.05) is 5.43 Å². The van der Waals surface area contributed by atoms with Crippen LogP contribution in [-0.4, -0.2) is 82.9 Å². The Balaban J connectivity index is 1.90. The molecule has 1 aliphatic heterocycles. The molecule has 0 saturated carbocycles. The second kappa shape index (κ2) is 9.82. The first-order valence-electron chi connectivity index (χ1n) is 8.35. The van der Waals surface area contributed by atoms with Crippen LogP contribution in [0.15, 0.2) is 6.20 Å². The Morgan fingerprint density at radius 1 is 1.32 bits per heavy atom. The molecule has 2 unspecified atom stereocenters. The Morgan fingerprint density at radius 2 is 2.04 bits per heavy atom. The highest BCUT2D eigenvalue weighted by molar-refractivity contribution is 7.51. The zero-order valence-electron chi connectivity index (χ0n) is 14.7. The van der Waals surface area contributed by atoms with Crippen molar-refractivity contribution in [1.82, 2.24) is 20.4 Å². The normalized spacial score (nSPS) is 28.3. The number of amides is 1. The summed E-state index contributed by atoms with van der Waals surface area (Å²) in [5, 5.41) is 37.5. The summed E-state index contributed by atoms with van der Waals surface area (Å²) in [6.45, 7) is 0.0623. The van der Waals surface area contributed by atoms with Gasteiger partial charge in [-0.25, -0.2) is 5.84 Å². The predicted molar refractivity (Wildman–Crippen MR) is 90.0 cm³/mol. The smallest absolute Gasteiger partial charge is 0.325 e. The number of aliphatic hydroxyl groups is 3. The molecule has 1 aromatic rings. The lowest BCUT2D eigenvalue weighted by molar-refractivity contribution is -0.300. The number of hydrogen-bond donors (Lipinski definition) is 7. The molecule has 0 radical (unpaired) electrons. The number of aliphatic hydroxyl groups excluding tert-OH is 3. The third-order valence-electron chi connectivity index (χ3n) is 4.08. The molecule has 5 atom stereocenters. The Morgan fingerprint density at radius 3 is 2.68 bits per heavy atom. The molecule has 1 aliphatic rings. The van der Waals surface area contributed by atoms with Gasteiger partial charge in [-0.2, -0.15) is 0 Å². The number of aryl methyl sites for hydroxylation is 1. The molecule has 0 aromatic carbocycles. The van der Waals surface area contributed by atoms with Crippen LogP contribution in [0.5, 0.6) is 0 Å². The van der Waals surface area contributed by atoms with Gasteiger partial charge in [-0.1, -0.05) is 5.21 Å². The predicted octanol–water partition coefficient (Wildman–Crippen LogP) is -3.45. The molecule has 14 nitrogen and oxygen atoms in total. The van der Waals surface area contributed by atoms with Gasteiger partial charge in [0.05, 0.1) is 31.6 Å². The number of ether oxygens (including phenoxy) is 2. The molecule has 2 heterocycles. The van der Waals surface area contributed by atoms with E-state index in [1.54, 1.807) is 0 Å². The van der Waals surface area contributed by atoms with Crippen LogP contribution in [0.25, 0.3) is 0 Å². The summed E-state index contributed by atoms with van der Waals surface area (Å²) in [6, 6.07) is 0. The number of aromatic nitrogens is 3. The first kappa shape index (κ1) is 22.8. The van der Waals surface area contributed by atoms with E-state index in [0.717, 1.165) is 0 Å². The Labute approximate surface area is 159 Å². The van der Waals surface area contributed by atoms with E-state index in [-0.39, 0.29) is 31.9 Å². The van der Waals surface area contributed by atoms with Crippen molar-refractivity contribution in [2.24, 2.45) is 5.84 Å². The molecule has 160 valence electrons. The van der Waals surface area contributed by atoms with Crippen LogP contribution in [0.4, 0.5) is 0 Å². The van der Waals surface area contributed by atoms with Crippen molar-refractivity contribution in [3.8, 4) is 0 Å². The molecule has 1 saturated heterocycles. The third kappa shape index (κ3) is 6.55. The average molecular weight is 425 g/mol. The van der Waals surface area contributed by atoms with Crippen molar-refractivity contribution < 1.29 is 43.9 Å². The fourth-order valence-electron chi connectivity index (χ4n) is 2.56. The van der Waals surface area contributed by atoms with E-state index in [9.17, 15) is 24.7 Å². The standard InChI is InChI=1S/C13H24N5O9P/c14-15-9(19)1-3-18-5-7(16-17-18)6-26-13-12(22)11(21)10(20)8(27-13)2-4-28(23,24)25/h5,8,10-13,20-22H,1-4,6,14H2,(H,15,19)(H2,23,24,25)/t8?,10-,11+,12?,13+/m1/s1. The van der Waals surface area contributed by atoms with Gasteiger partial charge in [-0.3, -0.25) is 19.5 Å². The van der Waals surface area contributed by atoms with Gasteiger partial charge in [0.1, 0.15) is 24.0 Å². The number of hydrazine groups is 1. The van der Waals surface area contributed by atoms with E-state index < -0.39 is 44.5 Å². The molecule has 0 spiro atoms. The number of rotatable bonds is 9. The van der Waals surface area contributed by atoms with Crippen LogP contribution in [0.3, 0.4) is 0 Å². The van der Waals surface area contributed by atoms with Gasteiger partial charge in [0.2, 0.25) is 5.91 Å². The fourth-order valence-corrected chi connectivity index (χ4v) is 3.15. The van der Waals surface area contributed by atoms with Crippen LogP contribution < -0.4 is 11.3 Å². The van der Waals surface area contributed by atoms with E-state index in [1.165, 1.54) is 10.9 Å². The number of nitrogens with one attached hydrogen (secondary N) is 1. The largest absolute Gasteiger partial charge is 0.388 e. The fraction of sp³-hybridized carbons (Fsp3) is 0.769. The summed E-state index contributed by atoms with van der Waals surface area (Å²) < 4.78 is 23.1. The topological polar surface area (TPSA) is 223 Å². The average Bonchev–Trinajstić information content (AvgIpc) is 3.10. The molecule has 1 amide bonds. The molecule has 28 heavy (non-hydrogen) atoms. The summed E-state index contributed by atoms with van der Waals surface area (Å²) in [5.74, 6) is 4.60. The monoisotopic (exact) mass is 425 g/mol. The minimum Gasteiger partial charge on any atom is -0.388 e. The van der Waals surface area contributed by atoms with Gasteiger partial charge in [-0.15, -0.1) is 5.10 Å². The first-order valence-corrected chi connectivity index (χ1v) is 10.1. The molecule has 0 bridgehead atoms. The maximum atomic E-state index is 11.1. The summed E-state index contributed by atoms with van der Waals surface area (Å²) in [4.78, 5) is 29.0. The number of hydrogen-bond acceptors (Lipinski definition) is 10. The quantitative estimate of drug-likeness (QED) is 0.0888. The second-order valence-corrected chi connectivity index (χ2v) is 8.07. The Hall–Kier alpha value is -1.48. The van der Waals surface area contributed by atoms with Gasteiger partial charge in [-0.05, 0) is 6.42 Å². The summed E-state index contributed by atoms with van der Waals surface area (Å²) in [5.41, 5.74) is 2.33. The lowest BCUT2D eigenvalue weighted by Crippen LogP contribution is -2.58.